The van der Waals surface area contributed by atoms with Crippen molar-refractivity contribution >= 4 is 23.5 Å². The maximum Gasteiger partial charge on any atom is 0.318 e. The second-order valence-electron chi connectivity index (χ2n) is 6.77. The molecule has 1 atom stereocenters. The monoisotopic (exact) mass is 389 g/mol. The fourth-order valence-electron chi connectivity index (χ4n) is 3.58. The molecule has 0 radical (unpaired) electrons. The van der Waals surface area contributed by atoms with Crippen LogP contribution in [0, 0.1) is 11.6 Å². The summed E-state index contributed by atoms with van der Waals surface area (Å²) >= 11 is 1.70. The van der Waals surface area contributed by atoms with Crippen LogP contribution >= 0.6 is 11.8 Å². The molecule has 0 spiro atoms. The van der Waals surface area contributed by atoms with E-state index < -0.39 is 0 Å². The molecule has 142 valence electrons. The Morgan fingerprint density at radius 1 is 1.00 bits per heavy atom. The molecule has 1 N–H and O–H groups in total. The number of benzene rings is 2. The van der Waals surface area contributed by atoms with Crippen LogP contribution in [-0.2, 0) is 0 Å². The SMILES string of the molecule is O=C(NC1CCSc2ccc(F)cc21)N1CCN(c2ccc(F)cc2)CC1. The highest BCUT2D eigenvalue weighted by Crippen LogP contribution is 2.36. The minimum Gasteiger partial charge on any atom is -0.368 e. The van der Waals surface area contributed by atoms with Crippen LogP contribution in [0.4, 0.5) is 19.3 Å². The van der Waals surface area contributed by atoms with Gasteiger partial charge < -0.3 is 15.1 Å². The second kappa shape index (κ2) is 7.76. The molecule has 0 bridgehead atoms. The molecule has 2 aliphatic rings. The number of fused-ring (bicyclic) bond motifs is 1. The van der Waals surface area contributed by atoms with Gasteiger partial charge in [-0.1, -0.05) is 0 Å². The molecule has 1 saturated heterocycles. The van der Waals surface area contributed by atoms with E-state index in [1.807, 2.05) is 0 Å². The number of urea groups is 1. The molecule has 2 aromatic rings. The average Bonchev–Trinajstić information content (AvgIpc) is 2.69. The Morgan fingerprint density at radius 2 is 1.70 bits per heavy atom. The van der Waals surface area contributed by atoms with Crippen LogP contribution in [0.3, 0.4) is 0 Å². The first-order valence-electron chi connectivity index (χ1n) is 9.08. The Kier molecular flexibility index (Phi) is 5.20. The number of carbonyl (C=O) groups is 1. The summed E-state index contributed by atoms with van der Waals surface area (Å²) in [5.41, 5.74) is 1.83. The summed E-state index contributed by atoms with van der Waals surface area (Å²) < 4.78 is 26.7. The van der Waals surface area contributed by atoms with Crippen LogP contribution in [0.2, 0.25) is 0 Å². The zero-order valence-corrected chi connectivity index (χ0v) is 15.6. The lowest BCUT2D eigenvalue weighted by molar-refractivity contribution is 0.189. The van der Waals surface area contributed by atoms with Crippen molar-refractivity contribution in [3.8, 4) is 0 Å². The second-order valence-corrected chi connectivity index (χ2v) is 7.91. The molecule has 2 aliphatic heterocycles. The van der Waals surface area contributed by atoms with Crippen LogP contribution in [0.25, 0.3) is 0 Å². The molecule has 0 aliphatic carbocycles. The van der Waals surface area contributed by atoms with Crippen molar-refractivity contribution in [1.82, 2.24) is 10.2 Å². The van der Waals surface area contributed by atoms with Crippen molar-refractivity contribution in [2.24, 2.45) is 0 Å². The number of hydrogen-bond acceptors (Lipinski definition) is 3. The summed E-state index contributed by atoms with van der Waals surface area (Å²) in [4.78, 5) is 17.7. The Morgan fingerprint density at radius 3 is 2.44 bits per heavy atom. The largest absolute Gasteiger partial charge is 0.368 e. The van der Waals surface area contributed by atoms with Crippen molar-refractivity contribution in [3.05, 3.63) is 59.7 Å². The molecule has 1 fully saturated rings. The third-order valence-corrected chi connectivity index (χ3v) is 6.19. The van der Waals surface area contributed by atoms with Gasteiger partial charge in [-0.05, 0) is 54.4 Å². The number of halogens is 2. The van der Waals surface area contributed by atoms with Gasteiger partial charge in [0.15, 0.2) is 0 Å². The van der Waals surface area contributed by atoms with E-state index in [4.69, 9.17) is 0 Å². The Bertz CT molecular complexity index is 822. The van der Waals surface area contributed by atoms with E-state index in [-0.39, 0.29) is 23.7 Å². The average molecular weight is 389 g/mol. The number of anilines is 1. The van der Waals surface area contributed by atoms with Crippen molar-refractivity contribution < 1.29 is 13.6 Å². The summed E-state index contributed by atoms with van der Waals surface area (Å²) in [6.45, 7) is 2.59. The summed E-state index contributed by atoms with van der Waals surface area (Å²) in [7, 11) is 0. The van der Waals surface area contributed by atoms with Gasteiger partial charge in [-0.2, -0.15) is 0 Å². The fraction of sp³-hybridized carbons (Fsp3) is 0.350. The van der Waals surface area contributed by atoms with Crippen LogP contribution < -0.4 is 10.2 Å². The van der Waals surface area contributed by atoms with Gasteiger partial charge in [0.1, 0.15) is 11.6 Å². The number of nitrogens with zero attached hydrogens (tertiary/aromatic N) is 2. The molecule has 4 nitrogen and oxygen atoms in total. The van der Waals surface area contributed by atoms with Crippen LogP contribution in [-0.4, -0.2) is 42.9 Å². The Hall–Kier alpha value is -2.28. The lowest BCUT2D eigenvalue weighted by Gasteiger charge is -2.37. The number of hydrogen-bond donors (Lipinski definition) is 1. The van der Waals surface area contributed by atoms with Gasteiger partial charge in [0.25, 0.3) is 0 Å². The van der Waals surface area contributed by atoms with Gasteiger partial charge in [0.2, 0.25) is 0 Å². The standard InChI is InChI=1S/C20H21F2N3OS/c21-14-1-4-16(5-2-14)24-8-10-25(11-9-24)20(26)23-18-7-12-27-19-6-3-15(22)13-17(18)19/h1-6,13,18H,7-12H2,(H,23,26). The van der Waals surface area contributed by atoms with E-state index in [2.05, 4.69) is 10.2 Å². The van der Waals surface area contributed by atoms with E-state index in [9.17, 15) is 13.6 Å². The van der Waals surface area contributed by atoms with Crippen LogP contribution in [0.15, 0.2) is 47.4 Å². The van der Waals surface area contributed by atoms with Crippen LogP contribution in [0.5, 0.6) is 0 Å². The molecule has 0 aromatic heterocycles. The number of carbonyl (C=O) groups excluding carboxylic acids is 1. The van der Waals surface area contributed by atoms with Crippen molar-refractivity contribution in [3.63, 3.8) is 0 Å². The van der Waals surface area contributed by atoms with E-state index in [0.29, 0.717) is 26.2 Å². The van der Waals surface area contributed by atoms with Gasteiger partial charge in [-0.25, -0.2) is 13.6 Å². The molecule has 1 unspecified atom stereocenters. The highest BCUT2D eigenvalue weighted by Gasteiger charge is 2.27. The molecule has 0 saturated carbocycles. The molecule has 7 heteroatoms. The maximum atomic E-state index is 13.6. The smallest absolute Gasteiger partial charge is 0.318 e. The molecular weight excluding hydrogens is 368 g/mol. The van der Waals surface area contributed by atoms with Crippen molar-refractivity contribution in [2.45, 2.75) is 17.4 Å². The van der Waals surface area contributed by atoms with Gasteiger partial charge in [0.05, 0.1) is 6.04 Å². The third-order valence-electron chi connectivity index (χ3n) is 5.07. The molecular formula is C20H21F2N3OS. The van der Waals surface area contributed by atoms with E-state index >= 15 is 0 Å². The number of amides is 2. The van der Waals surface area contributed by atoms with Gasteiger partial charge in [-0.3, -0.25) is 0 Å². The van der Waals surface area contributed by atoms with E-state index in [1.54, 1.807) is 34.9 Å². The molecule has 2 heterocycles. The topological polar surface area (TPSA) is 35.6 Å². The summed E-state index contributed by atoms with van der Waals surface area (Å²) in [5.74, 6) is 0.379. The first-order chi connectivity index (χ1) is 13.1. The predicted octanol–water partition coefficient (Wildman–Crippen LogP) is 4.03. The highest BCUT2D eigenvalue weighted by molar-refractivity contribution is 7.99. The van der Waals surface area contributed by atoms with Gasteiger partial charge in [-0.15, -0.1) is 11.8 Å². The Labute approximate surface area is 161 Å². The van der Waals surface area contributed by atoms with Gasteiger partial charge >= 0.3 is 6.03 Å². The number of rotatable bonds is 2. The van der Waals surface area contributed by atoms with Crippen molar-refractivity contribution in [2.75, 3.05) is 36.8 Å². The molecule has 4 rings (SSSR count). The zero-order chi connectivity index (χ0) is 18.8. The molecule has 2 aromatic carbocycles. The molecule has 2 amide bonds. The molecule has 27 heavy (non-hydrogen) atoms. The third kappa shape index (κ3) is 4.03. The zero-order valence-electron chi connectivity index (χ0n) is 14.8. The lowest BCUT2D eigenvalue weighted by Crippen LogP contribution is -2.52. The number of thioether (sulfide) groups is 1. The summed E-state index contributed by atoms with van der Waals surface area (Å²) in [6, 6.07) is 10.9. The quantitative estimate of drug-likeness (QED) is 0.842. The predicted molar refractivity (Wildman–Crippen MR) is 103 cm³/mol. The summed E-state index contributed by atoms with van der Waals surface area (Å²) in [6.07, 6.45) is 0.794. The van der Waals surface area contributed by atoms with E-state index in [1.165, 1.54) is 24.3 Å². The van der Waals surface area contributed by atoms with E-state index in [0.717, 1.165) is 28.3 Å². The fourth-order valence-corrected chi connectivity index (χ4v) is 4.68. The first-order valence-corrected chi connectivity index (χ1v) is 10.1. The number of nitrogens with one attached hydrogen (secondary N) is 1. The first kappa shape index (κ1) is 18.1. The maximum absolute atomic E-state index is 13.6. The van der Waals surface area contributed by atoms with Crippen molar-refractivity contribution in [1.29, 1.82) is 0 Å². The Balaban J connectivity index is 1.37. The minimum atomic E-state index is -0.275. The van der Waals surface area contributed by atoms with Crippen LogP contribution in [0.1, 0.15) is 18.0 Å². The normalized spacial score (nSPS) is 19.6. The van der Waals surface area contributed by atoms with Gasteiger partial charge in [0, 0.05) is 42.5 Å². The number of piperazine rings is 1. The summed E-state index contributed by atoms with van der Waals surface area (Å²) in [5, 5.41) is 3.07. The highest BCUT2D eigenvalue weighted by atomic mass is 32.2. The minimum absolute atomic E-state index is 0.110. The lowest BCUT2D eigenvalue weighted by atomic mass is 10.0.